The van der Waals surface area contributed by atoms with Crippen molar-refractivity contribution in [2.45, 2.75) is 98.3 Å². The monoisotopic (exact) mass is 954 g/mol. The lowest BCUT2D eigenvalue weighted by atomic mass is 9.71. The molecule has 68 heavy (non-hydrogen) atoms. The van der Waals surface area contributed by atoms with Crippen LogP contribution in [0.2, 0.25) is 0 Å². The number of nitrogens with one attached hydrogen (secondary N) is 2. The molecule has 3 aliphatic rings. The number of ether oxygens (including phenoxy) is 6. The van der Waals surface area contributed by atoms with Crippen molar-refractivity contribution in [3.63, 3.8) is 0 Å². The van der Waals surface area contributed by atoms with E-state index in [0.29, 0.717) is 19.3 Å². The lowest BCUT2D eigenvalue weighted by Gasteiger charge is -2.36. The maximum Gasteiger partial charge on any atom is 0.333 e. The molecule has 0 spiro atoms. The summed E-state index contributed by atoms with van der Waals surface area (Å²) in [6, 6.07) is -1.46. The number of hydrogen-bond donors (Lipinski definition) is 2. The fraction of sp³-hybridized carbons (Fsp3) is 0.583. The highest BCUT2D eigenvalue weighted by Crippen LogP contribution is 2.66. The van der Waals surface area contributed by atoms with Crippen molar-refractivity contribution in [3.8, 4) is 0 Å². The van der Waals surface area contributed by atoms with Crippen molar-refractivity contribution in [2.24, 2.45) is 17.3 Å². The number of amides is 6. The molecule has 20 heteroatoms. The molecule has 0 aliphatic heterocycles. The topological polar surface area (TPSA) is 257 Å². The van der Waals surface area contributed by atoms with Crippen LogP contribution in [0.1, 0.15) is 98.3 Å². The van der Waals surface area contributed by atoms with Gasteiger partial charge in [-0.05, 0) is 89.9 Å². The van der Waals surface area contributed by atoms with E-state index in [1.54, 1.807) is 0 Å². The van der Waals surface area contributed by atoms with Crippen LogP contribution in [0.15, 0.2) is 59.8 Å². The largest absolute Gasteiger partial charge is 0.462 e. The van der Waals surface area contributed by atoms with Gasteiger partial charge in [0.2, 0.25) is 11.8 Å². The summed E-state index contributed by atoms with van der Waals surface area (Å²) in [7, 11) is 0. The number of urea groups is 2. The van der Waals surface area contributed by atoms with Gasteiger partial charge >= 0.3 is 47.9 Å². The molecule has 0 aromatic rings. The number of imide groups is 2. The van der Waals surface area contributed by atoms with E-state index in [4.69, 9.17) is 28.4 Å². The molecule has 374 valence electrons. The van der Waals surface area contributed by atoms with Gasteiger partial charge in [-0.3, -0.25) is 29.0 Å². The molecule has 6 amide bonds. The molecule has 0 radical (unpaired) electrons. The second-order valence-electron chi connectivity index (χ2n) is 17.1. The molecular weight excluding hydrogens is 889 g/mol. The van der Waals surface area contributed by atoms with Gasteiger partial charge in [0.25, 0.3) is 0 Å². The first-order valence-electron chi connectivity index (χ1n) is 22.7. The van der Waals surface area contributed by atoms with Gasteiger partial charge in [0, 0.05) is 48.2 Å². The van der Waals surface area contributed by atoms with Gasteiger partial charge in [-0.25, -0.2) is 28.8 Å². The molecule has 2 N–H and O–H groups in total. The first kappa shape index (κ1) is 55.7. The first-order chi connectivity index (χ1) is 32.2. The molecule has 20 nitrogen and oxygen atoms in total. The van der Waals surface area contributed by atoms with Crippen molar-refractivity contribution in [1.82, 2.24) is 20.4 Å². The number of fused-ring (bicyclic) bond motifs is 5. The van der Waals surface area contributed by atoms with Gasteiger partial charge in [-0.15, -0.1) is 0 Å². The molecule has 3 aliphatic carbocycles. The van der Waals surface area contributed by atoms with Crippen LogP contribution in [0.3, 0.4) is 0 Å². The predicted molar refractivity (Wildman–Crippen MR) is 242 cm³/mol. The summed E-state index contributed by atoms with van der Waals surface area (Å²) in [6.45, 7) is 18.6. The normalized spacial score (nSPS) is 17.4. The van der Waals surface area contributed by atoms with Crippen LogP contribution in [0.5, 0.6) is 0 Å². The molecule has 2 saturated carbocycles. The standard InChI is InChI=1S/C48H66N4O16/c1-30(2)42(57)65-23-19-49-46(61)51(37(53)11-13-39(55)63-25-27-67-44(59)32(5)6)21-16-34-9-10-36-41(34)35-15-17-48(36,29-35)18-22-52(47(62)50-20-24-66-43(58)31(3)4)38(54)12-14-40(56)64-26-28-68-45(60)33(7)8/h35-36H,1,3,5,7,9-29H2,2,4,6,8H3,(H,49,61)(H,50,62). The molecule has 0 aromatic carbocycles. The van der Waals surface area contributed by atoms with E-state index in [0.717, 1.165) is 41.1 Å². The van der Waals surface area contributed by atoms with Crippen LogP contribution in [0.4, 0.5) is 9.59 Å². The van der Waals surface area contributed by atoms with Gasteiger partial charge in [-0.1, -0.05) is 37.5 Å². The van der Waals surface area contributed by atoms with E-state index < -0.39 is 59.7 Å². The van der Waals surface area contributed by atoms with E-state index >= 15 is 0 Å². The van der Waals surface area contributed by atoms with Crippen LogP contribution in [-0.4, -0.2) is 135 Å². The maximum absolute atomic E-state index is 13.6. The third kappa shape index (κ3) is 17.2. The summed E-state index contributed by atoms with van der Waals surface area (Å²) in [5.41, 5.74) is 2.88. The Kier molecular flexibility index (Phi) is 22.3. The Morgan fingerprint density at radius 2 is 0.971 bits per heavy atom. The van der Waals surface area contributed by atoms with E-state index in [1.165, 1.54) is 33.3 Å². The Morgan fingerprint density at radius 1 is 0.559 bits per heavy atom. The summed E-state index contributed by atoms with van der Waals surface area (Å²) >= 11 is 0. The van der Waals surface area contributed by atoms with Crippen LogP contribution >= 0.6 is 0 Å². The van der Waals surface area contributed by atoms with Gasteiger partial charge in [0.05, 0.1) is 25.9 Å². The molecule has 3 unspecified atom stereocenters. The minimum Gasteiger partial charge on any atom is -0.462 e. The van der Waals surface area contributed by atoms with Crippen LogP contribution < -0.4 is 10.6 Å². The molecule has 0 heterocycles. The van der Waals surface area contributed by atoms with Crippen molar-refractivity contribution in [1.29, 1.82) is 0 Å². The lowest BCUT2D eigenvalue weighted by Crippen LogP contribution is -2.46. The summed E-state index contributed by atoms with van der Waals surface area (Å²) in [5.74, 6) is -4.88. The minimum absolute atomic E-state index is 0.000392. The van der Waals surface area contributed by atoms with Crippen molar-refractivity contribution < 1.29 is 76.4 Å². The Bertz CT molecular complexity index is 2040. The summed E-state index contributed by atoms with van der Waals surface area (Å²) in [5, 5.41) is 5.23. The quantitative estimate of drug-likeness (QED) is 0.0360. The number of rotatable bonds is 28. The Hall–Kier alpha value is -6.60. The number of nitrogens with zero attached hydrogens (tertiary/aromatic N) is 2. The number of carbonyl (C=O) groups excluding carboxylic acids is 10. The van der Waals surface area contributed by atoms with Gasteiger partial charge in [0.15, 0.2) is 0 Å². The van der Waals surface area contributed by atoms with Crippen LogP contribution in [0, 0.1) is 17.3 Å². The SMILES string of the molecule is C=C(C)C(=O)OCCNC(=O)N(CCC1=C2C3CCC(CCN(C(=O)CCC(=O)OCCOC(=O)C(=C)C)C(=O)NCCOC(=O)C(=C)C)(C3)C2CC1)C(=O)CCC(=O)OCCOC(=O)C(=C)C. The number of hydrogen-bond acceptors (Lipinski definition) is 16. The third-order valence-corrected chi connectivity index (χ3v) is 11.8. The first-order valence-corrected chi connectivity index (χ1v) is 22.7. The molecule has 0 aromatic heterocycles. The van der Waals surface area contributed by atoms with Crippen LogP contribution in [0.25, 0.3) is 0 Å². The minimum atomic E-state index is -0.736. The van der Waals surface area contributed by atoms with Gasteiger partial charge < -0.3 is 39.1 Å². The fourth-order valence-corrected chi connectivity index (χ4v) is 8.44. The molecule has 2 bridgehead atoms. The molecule has 3 atom stereocenters. The second-order valence-corrected chi connectivity index (χ2v) is 17.1. The average Bonchev–Trinajstić information content (AvgIpc) is 4.01. The summed E-state index contributed by atoms with van der Waals surface area (Å²) in [4.78, 5) is 128. The fourth-order valence-electron chi connectivity index (χ4n) is 8.44. The van der Waals surface area contributed by atoms with E-state index in [1.807, 2.05) is 0 Å². The molecule has 3 rings (SSSR count). The van der Waals surface area contributed by atoms with Crippen LogP contribution in [-0.2, 0) is 66.8 Å². The van der Waals surface area contributed by atoms with Gasteiger partial charge in [0.1, 0.15) is 39.6 Å². The second kappa shape index (κ2) is 27.3. The van der Waals surface area contributed by atoms with E-state index in [2.05, 4.69) is 36.9 Å². The summed E-state index contributed by atoms with van der Waals surface area (Å²) < 4.78 is 30.1. The highest BCUT2D eigenvalue weighted by Gasteiger charge is 2.56. The van der Waals surface area contributed by atoms with E-state index in [-0.39, 0.29) is 131 Å². The zero-order valence-electron chi connectivity index (χ0n) is 39.8. The number of allylic oxidation sites excluding steroid dienone is 1. The summed E-state index contributed by atoms with van der Waals surface area (Å²) in [6.07, 6.45) is 3.54. The average molecular weight is 955 g/mol. The molecule has 2 fully saturated rings. The smallest absolute Gasteiger partial charge is 0.333 e. The Morgan fingerprint density at radius 3 is 1.41 bits per heavy atom. The zero-order chi connectivity index (χ0) is 50.6. The lowest BCUT2D eigenvalue weighted by molar-refractivity contribution is -0.151. The highest BCUT2D eigenvalue weighted by atomic mass is 16.6. The van der Waals surface area contributed by atoms with Crippen molar-refractivity contribution in [3.05, 3.63) is 59.8 Å². The maximum atomic E-state index is 13.6. The van der Waals surface area contributed by atoms with E-state index in [9.17, 15) is 47.9 Å². The molecular formula is C48H66N4O16. The Balaban J connectivity index is 1.69. The zero-order valence-corrected chi connectivity index (χ0v) is 39.8. The highest BCUT2D eigenvalue weighted by molar-refractivity contribution is 5.96. The number of esters is 6. The number of carbonyl (C=O) groups is 10. The Labute approximate surface area is 396 Å². The molecule has 0 saturated heterocycles. The predicted octanol–water partition coefficient (Wildman–Crippen LogP) is 4.47. The van der Waals surface area contributed by atoms with Crippen molar-refractivity contribution >= 4 is 59.7 Å². The third-order valence-electron chi connectivity index (χ3n) is 11.8. The van der Waals surface area contributed by atoms with Gasteiger partial charge in [-0.2, -0.15) is 0 Å². The van der Waals surface area contributed by atoms with Crippen molar-refractivity contribution in [2.75, 3.05) is 65.8 Å².